The molecule has 1 aromatic rings. The summed E-state index contributed by atoms with van der Waals surface area (Å²) in [5.41, 5.74) is 0. The number of aliphatic hydroxyl groups excluding tert-OH is 1. The summed E-state index contributed by atoms with van der Waals surface area (Å²) in [5.74, 6) is -0.884. The maximum Gasteiger partial charge on any atom is 0.303 e. The van der Waals surface area contributed by atoms with E-state index in [0.717, 1.165) is 18.0 Å². The zero-order chi connectivity index (χ0) is 22.7. The van der Waals surface area contributed by atoms with Crippen LogP contribution in [0.4, 0.5) is 0 Å². The first-order valence-corrected chi connectivity index (χ1v) is 12.8. The number of aromatic nitrogens is 2. The van der Waals surface area contributed by atoms with Crippen LogP contribution in [-0.4, -0.2) is 37.1 Å². The molecule has 6 heteroatoms. The molecule has 2 N–H and O–H groups in total. The van der Waals surface area contributed by atoms with Gasteiger partial charge in [0.15, 0.2) is 5.16 Å². The molecule has 1 rings (SSSR count). The third-order valence-corrected chi connectivity index (χ3v) is 6.62. The molecule has 0 aliphatic rings. The first kappa shape index (κ1) is 27.5. The molecule has 0 spiro atoms. The van der Waals surface area contributed by atoms with Gasteiger partial charge >= 0.3 is 5.97 Å². The van der Waals surface area contributed by atoms with Gasteiger partial charge in [-0.3, -0.25) is 4.79 Å². The van der Waals surface area contributed by atoms with Gasteiger partial charge in [0.1, 0.15) is 0 Å². The number of hydrogen-bond donors (Lipinski definition) is 2. The van der Waals surface area contributed by atoms with Crippen molar-refractivity contribution in [2.75, 3.05) is 0 Å². The van der Waals surface area contributed by atoms with Gasteiger partial charge < -0.3 is 14.8 Å². The molecule has 5 nitrogen and oxygen atoms in total. The van der Waals surface area contributed by atoms with Crippen molar-refractivity contribution in [2.45, 2.75) is 113 Å². The van der Waals surface area contributed by atoms with Crippen molar-refractivity contribution in [3.8, 4) is 0 Å². The molecule has 0 aromatic carbocycles. The molecule has 0 radical (unpaired) electrons. The minimum atomic E-state index is -0.884. The monoisotopic (exact) mass is 450 g/mol. The van der Waals surface area contributed by atoms with Gasteiger partial charge in [0, 0.05) is 25.4 Å². The van der Waals surface area contributed by atoms with Gasteiger partial charge in [0.2, 0.25) is 0 Å². The number of imidazole rings is 1. The Morgan fingerprint density at radius 1 is 1.16 bits per heavy atom. The van der Waals surface area contributed by atoms with Crippen molar-refractivity contribution in [3.63, 3.8) is 0 Å². The van der Waals surface area contributed by atoms with E-state index in [-0.39, 0.29) is 18.1 Å². The number of hydrogen-bond acceptors (Lipinski definition) is 4. The van der Waals surface area contributed by atoms with Crippen molar-refractivity contribution in [1.82, 2.24) is 9.55 Å². The van der Waals surface area contributed by atoms with Gasteiger partial charge in [-0.1, -0.05) is 94.7 Å². The Balaban J connectivity index is 2.39. The highest BCUT2D eigenvalue weighted by Gasteiger charge is 2.21. The van der Waals surface area contributed by atoms with Crippen molar-refractivity contribution in [3.05, 3.63) is 37.2 Å². The number of allylic oxidation sites excluding steroid dienone is 2. The second kappa shape index (κ2) is 18.1. The summed E-state index contributed by atoms with van der Waals surface area (Å²) in [5, 5.41) is 20.1. The topological polar surface area (TPSA) is 75.3 Å². The Morgan fingerprint density at radius 2 is 1.81 bits per heavy atom. The third-order valence-electron chi connectivity index (χ3n) is 5.33. The van der Waals surface area contributed by atoms with Crippen LogP contribution in [0.5, 0.6) is 0 Å². The van der Waals surface area contributed by atoms with Gasteiger partial charge in [0.05, 0.1) is 11.4 Å². The van der Waals surface area contributed by atoms with Crippen LogP contribution in [-0.2, 0) is 11.3 Å². The molecule has 1 heterocycles. The number of aliphatic carboxylic acids is 1. The van der Waals surface area contributed by atoms with Crippen LogP contribution in [0.25, 0.3) is 0 Å². The van der Waals surface area contributed by atoms with E-state index in [1.165, 1.54) is 69.5 Å². The quantitative estimate of drug-likeness (QED) is 0.133. The molecular formula is C25H42N2O3S. The smallest absolute Gasteiger partial charge is 0.303 e. The van der Waals surface area contributed by atoms with E-state index < -0.39 is 12.1 Å². The standard InChI is InChI=1S/C25H42N2O3S/c1-3-5-6-7-8-9-10-11-12-13-14-15-16-23(22(28)17-18-24(29)30)31-25-26-19-21-27(25)20-4-2/h4,15-16,19,21-23,28H,2-3,5-14,17-18,20H2,1H3,(H,29,30). The number of carboxylic acids is 1. The average molecular weight is 451 g/mol. The molecule has 0 amide bonds. The first-order chi connectivity index (χ1) is 15.1. The summed E-state index contributed by atoms with van der Waals surface area (Å²) >= 11 is 1.48. The summed E-state index contributed by atoms with van der Waals surface area (Å²) in [6.45, 7) is 6.68. The van der Waals surface area contributed by atoms with Gasteiger partial charge in [-0.2, -0.15) is 0 Å². The SMILES string of the molecule is C=CCn1ccnc1SC(C=CCCCCCCCCCCCC)C(O)CCC(=O)O. The Labute approximate surface area is 193 Å². The van der Waals surface area contributed by atoms with Crippen LogP contribution in [0.2, 0.25) is 0 Å². The number of nitrogens with zero attached hydrogens (tertiary/aromatic N) is 2. The van der Waals surface area contributed by atoms with Crippen molar-refractivity contribution < 1.29 is 15.0 Å². The second-order valence-corrected chi connectivity index (χ2v) is 9.28. The number of rotatable bonds is 20. The fourth-order valence-electron chi connectivity index (χ4n) is 3.48. The van der Waals surface area contributed by atoms with Crippen LogP contribution in [0.15, 0.2) is 42.4 Å². The molecule has 0 bridgehead atoms. The molecular weight excluding hydrogens is 408 g/mol. The molecule has 2 unspecified atom stereocenters. The van der Waals surface area contributed by atoms with Crippen LogP contribution in [0, 0.1) is 0 Å². The molecule has 0 aliphatic heterocycles. The molecule has 0 aliphatic carbocycles. The van der Waals surface area contributed by atoms with Gasteiger partial charge in [0.25, 0.3) is 0 Å². The molecule has 176 valence electrons. The Hall–Kier alpha value is -1.53. The molecule has 0 fully saturated rings. The number of aliphatic hydroxyl groups is 1. The zero-order valence-corrected chi connectivity index (χ0v) is 20.1. The van der Waals surface area contributed by atoms with Crippen molar-refractivity contribution >= 4 is 17.7 Å². The van der Waals surface area contributed by atoms with E-state index >= 15 is 0 Å². The maximum atomic E-state index is 10.9. The number of carbonyl (C=O) groups is 1. The Bertz CT molecular complexity index is 630. The molecule has 31 heavy (non-hydrogen) atoms. The van der Waals surface area contributed by atoms with Crippen LogP contribution < -0.4 is 0 Å². The lowest BCUT2D eigenvalue weighted by Gasteiger charge is -2.19. The minimum Gasteiger partial charge on any atom is -0.481 e. The lowest BCUT2D eigenvalue weighted by atomic mass is 10.1. The Morgan fingerprint density at radius 3 is 2.42 bits per heavy atom. The highest BCUT2D eigenvalue weighted by atomic mass is 32.2. The summed E-state index contributed by atoms with van der Waals surface area (Å²) in [6.07, 6.45) is 23.2. The highest BCUT2D eigenvalue weighted by molar-refractivity contribution is 8.00. The summed E-state index contributed by atoms with van der Waals surface area (Å²) < 4.78 is 1.98. The number of unbranched alkanes of at least 4 members (excludes halogenated alkanes) is 10. The van der Waals surface area contributed by atoms with Crippen molar-refractivity contribution in [2.24, 2.45) is 0 Å². The minimum absolute atomic E-state index is 0.0361. The third kappa shape index (κ3) is 13.5. The highest BCUT2D eigenvalue weighted by Crippen LogP contribution is 2.27. The lowest BCUT2D eigenvalue weighted by Crippen LogP contribution is -2.22. The second-order valence-electron chi connectivity index (χ2n) is 8.13. The van der Waals surface area contributed by atoms with Crippen LogP contribution in [0.3, 0.4) is 0 Å². The molecule has 0 saturated heterocycles. The fraction of sp³-hybridized carbons (Fsp3) is 0.680. The predicted octanol–water partition coefficient (Wildman–Crippen LogP) is 6.62. The Kier molecular flexibility index (Phi) is 16.0. The zero-order valence-electron chi connectivity index (χ0n) is 19.3. The molecule has 0 saturated carbocycles. The van der Waals surface area contributed by atoms with Crippen molar-refractivity contribution in [1.29, 1.82) is 0 Å². The van der Waals surface area contributed by atoms with E-state index in [4.69, 9.17) is 5.11 Å². The normalized spacial score (nSPS) is 13.5. The van der Waals surface area contributed by atoms with E-state index in [0.29, 0.717) is 6.54 Å². The number of thioether (sulfide) groups is 1. The van der Waals surface area contributed by atoms with Crippen LogP contribution in [0.1, 0.15) is 90.4 Å². The first-order valence-electron chi connectivity index (χ1n) is 11.9. The summed E-state index contributed by atoms with van der Waals surface area (Å²) in [4.78, 5) is 15.3. The van der Waals surface area contributed by atoms with Gasteiger partial charge in [-0.05, 0) is 19.3 Å². The van der Waals surface area contributed by atoms with E-state index in [9.17, 15) is 9.90 Å². The summed E-state index contributed by atoms with van der Waals surface area (Å²) in [6, 6.07) is 0. The largest absolute Gasteiger partial charge is 0.481 e. The predicted molar refractivity (Wildman–Crippen MR) is 131 cm³/mol. The molecule has 1 aromatic heterocycles. The van der Waals surface area contributed by atoms with Gasteiger partial charge in [-0.25, -0.2) is 4.98 Å². The van der Waals surface area contributed by atoms with E-state index in [2.05, 4.69) is 24.6 Å². The van der Waals surface area contributed by atoms with E-state index in [1.54, 1.807) is 6.20 Å². The average Bonchev–Trinajstić information content (AvgIpc) is 3.18. The van der Waals surface area contributed by atoms with Gasteiger partial charge in [-0.15, -0.1) is 6.58 Å². The fourth-order valence-corrected chi connectivity index (χ4v) is 4.59. The maximum absolute atomic E-state index is 10.9. The number of carboxylic acid groups (broad SMARTS) is 1. The summed E-state index contributed by atoms with van der Waals surface area (Å²) in [7, 11) is 0. The molecule has 2 atom stereocenters. The van der Waals surface area contributed by atoms with E-state index in [1.807, 2.05) is 22.9 Å². The van der Waals surface area contributed by atoms with Crippen LogP contribution >= 0.6 is 11.8 Å². The lowest BCUT2D eigenvalue weighted by molar-refractivity contribution is -0.137.